The van der Waals surface area contributed by atoms with Crippen molar-refractivity contribution < 1.29 is 18.7 Å². The van der Waals surface area contributed by atoms with E-state index in [-0.39, 0.29) is 30.3 Å². The van der Waals surface area contributed by atoms with Crippen LogP contribution in [0.3, 0.4) is 0 Å². The molecule has 0 spiro atoms. The Hall–Kier alpha value is -1.24. The molecule has 0 aromatic heterocycles. The van der Waals surface area contributed by atoms with Gasteiger partial charge in [-0.25, -0.2) is 4.79 Å². The maximum Gasteiger partial charge on any atom is 0.410 e. The van der Waals surface area contributed by atoms with Gasteiger partial charge in [0, 0.05) is 5.02 Å². The summed E-state index contributed by atoms with van der Waals surface area (Å²) in [6.07, 6.45) is -0.753. The third-order valence-corrected chi connectivity index (χ3v) is 5.53. The van der Waals surface area contributed by atoms with Gasteiger partial charge < -0.3 is 13.9 Å². The van der Waals surface area contributed by atoms with Crippen molar-refractivity contribution in [1.29, 1.82) is 0 Å². The van der Waals surface area contributed by atoms with Gasteiger partial charge in [-0.05, 0) is 50.6 Å². The largest absolute Gasteiger partial charge is 0.490 e. The van der Waals surface area contributed by atoms with Crippen LogP contribution < -0.4 is 4.74 Å². The van der Waals surface area contributed by atoms with Crippen LogP contribution in [0.1, 0.15) is 34.6 Å². The molecule has 2 unspecified atom stereocenters. The molecule has 151 valence electrons. The van der Waals surface area contributed by atoms with Crippen LogP contribution in [0, 0.1) is 5.41 Å². The van der Waals surface area contributed by atoms with Crippen LogP contribution in [0.5, 0.6) is 5.75 Å². The lowest BCUT2D eigenvalue weighted by Gasteiger charge is -2.47. The topological polar surface area (TPSA) is 48.0 Å². The highest BCUT2D eigenvalue weighted by Gasteiger charge is 2.49. The van der Waals surface area contributed by atoms with E-state index in [2.05, 4.69) is 47.7 Å². The molecule has 2 rings (SSSR count). The van der Waals surface area contributed by atoms with Gasteiger partial charge >= 0.3 is 6.09 Å². The van der Waals surface area contributed by atoms with Crippen LogP contribution in [0.4, 0.5) is 4.79 Å². The molecule has 1 fully saturated rings. The standard InChI is InChI=1S/C20H31ClNO4Si/c1-19(2,3)17(26-27(6)7)20(4,5)22-12-16(25-18(22)23)13-24-15-10-8-9-14(21)11-15/h8-11,16-17H,12-13H2,1-7H3. The van der Waals surface area contributed by atoms with E-state index in [4.69, 9.17) is 25.5 Å². The van der Waals surface area contributed by atoms with Gasteiger partial charge in [0.1, 0.15) is 12.4 Å². The van der Waals surface area contributed by atoms with Crippen molar-refractivity contribution in [3.8, 4) is 5.75 Å². The first-order valence-corrected chi connectivity index (χ1v) is 12.0. The lowest BCUT2D eigenvalue weighted by molar-refractivity contribution is -0.0306. The van der Waals surface area contributed by atoms with E-state index in [0.29, 0.717) is 17.3 Å². The molecule has 1 aliphatic heterocycles. The third-order valence-electron chi connectivity index (χ3n) is 4.58. The van der Waals surface area contributed by atoms with Crippen LogP contribution in [0.25, 0.3) is 0 Å². The van der Waals surface area contributed by atoms with Crippen molar-refractivity contribution in [1.82, 2.24) is 4.90 Å². The Morgan fingerprint density at radius 3 is 2.52 bits per heavy atom. The maximum absolute atomic E-state index is 12.6. The summed E-state index contributed by atoms with van der Waals surface area (Å²) < 4.78 is 17.6. The SMILES string of the molecule is C[Si](C)OC(C(C)(C)C)C(C)(C)N1CC(COc2cccc(Cl)c2)OC1=O. The van der Waals surface area contributed by atoms with Crippen LogP contribution >= 0.6 is 11.6 Å². The van der Waals surface area contributed by atoms with E-state index in [1.165, 1.54) is 0 Å². The van der Waals surface area contributed by atoms with Gasteiger partial charge in [0.25, 0.3) is 0 Å². The summed E-state index contributed by atoms with van der Waals surface area (Å²) in [6.45, 7) is 15.5. The van der Waals surface area contributed by atoms with Gasteiger partial charge in [-0.2, -0.15) is 0 Å². The summed E-state index contributed by atoms with van der Waals surface area (Å²) in [4.78, 5) is 14.4. The summed E-state index contributed by atoms with van der Waals surface area (Å²) in [7, 11) is -0.923. The fourth-order valence-electron chi connectivity index (χ4n) is 3.58. The van der Waals surface area contributed by atoms with Gasteiger partial charge in [0.05, 0.1) is 18.2 Å². The zero-order valence-corrected chi connectivity index (χ0v) is 19.1. The molecule has 0 saturated carbocycles. The van der Waals surface area contributed by atoms with Crippen molar-refractivity contribution in [2.45, 2.75) is 65.5 Å². The Kier molecular flexibility index (Phi) is 6.87. The second-order valence-electron chi connectivity index (χ2n) is 8.81. The highest BCUT2D eigenvalue weighted by Crippen LogP contribution is 2.37. The number of benzene rings is 1. The van der Waals surface area contributed by atoms with Crippen molar-refractivity contribution in [2.75, 3.05) is 13.2 Å². The number of hydrogen-bond acceptors (Lipinski definition) is 4. The molecule has 0 bridgehead atoms. The lowest BCUT2D eigenvalue weighted by Crippen LogP contribution is -2.59. The quantitative estimate of drug-likeness (QED) is 0.591. The Bertz CT molecular complexity index is 660. The minimum Gasteiger partial charge on any atom is -0.490 e. The Morgan fingerprint density at radius 1 is 1.30 bits per heavy atom. The van der Waals surface area contributed by atoms with Crippen molar-refractivity contribution in [3.05, 3.63) is 29.3 Å². The molecule has 1 amide bonds. The van der Waals surface area contributed by atoms with Crippen LogP contribution in [-0.2, 0) is 9.16 Å². The van der Waals surface area contributed by atoms with E-state index >= 15 is 0 Å². The summed E-state index contributed by atoms with van der Waals surface area (Å²) in [5, 5.41) is 0.612. The number of halogens is 1. The molecule has 7 heteroatoms. The van der Waals surface area contributed by atoms with Gasteiger partial charge in [-0.15, -0.1) is 0 Å². The number of nitrogens with zero attached hydrogens (tertiary/aromatic N) is 1. The van der Waals surface area contributed by atoms with E-state index in [1.54, 1.807) is 17.0 Å². The molecule has 1 saturated heterocycles. The normalized spacial score (nSPS) is 19.4. The monoisotopic (exact) mass is 412 g/mol. The van der Waals surface area contributed by atoms with E-state index in [9.17, 15) is 4.79 Å². The van der Waals surface area contributed by atoms with Crippen LogP contribution in [-0.4, -0.2) is 50.9 Å². The number of amides is 1. The molecule has 1 radical (unpaired) electrons. The molecular weight excluding hydrogens is 382 g/mol. The Morgan fingerprint density at radius 2 is 1.96 bits per heavy atom. The molecule has 1 aromatic rings. The smallest absolute Gasteiger partial charge is 0.410 e. The minimum atomic E-state index is -0.923. The molecule has 27 heavy (non-hydrogen) atoms. The fourth-order valence-corrected chi connectivity index (χ4v) is 4.88. The molecule has 1 heterocycles. The minimum absolute atomic E-state index is 0.103. The third kappa shape index (κ3) is 5.62. The predicted octanol–water partition coefficient (Wildman–Crippen LogP) is 5.00. The molecule has 1 aromatic carbocycles. The highest BCUT2D eigenvalue weighted by atomic mass is 35.5. The first kappa shape index (κ1) is 22.1. The molecule has 0 aliphatic carbocycles. The zero-order chi connectivity index (χ0) is 20.4. The van der Waals surface area contributed by atoms with E-state index in [0.717, 1.165) is 0 Å². The highest BCUT2D eigenvalue weighted by molar-refractivity contribution is 6.48. The van der Waals surface area contributed by atoms with Crippen molar-refractivity contribution in [2.24, 2.45) is 5.41 Å². The summed E-state index contributed by atoms with van der Waals surface area (Å²) in [5.74, 6) is 0.663. The Balaban J connectivity index is 2.07. The second kappa shape index (κ2) is 8.41. The second-order valence-corrected chi connectivity index (χ2v) is 11.3. The number of rotatable bonds is 7. The zero-order valence-electron chi connectivity index (χ0n) is 17.3. The molecule has 1 aliphatic rings. The lowest BCUT2D eigenvalue weighted by atomic mass is 9.77. The first-order chi connectivity index (χ1) is 12.4. The van der Waals surface area contributed by atoms with E-state index < -0.39 is 14.6 Å². The first-order valence-electron chi connectivity index (χ1n) is 9.24. The van der Waals surface area contributed by atoms with Gasteiger partial charge in [-0.3, -0.25) is 4.90 Å². The van der Waals surface area contributed by atoms with Crippen molar-refractivity contribution in [3.63, 3.8) is 0 Å². The molecule has 0 N–H and O–H groups in total. The number of cyclic esters (lactones) is 1. The fraction of sp³-hybridized carbons (Fsp3) is 0.650. The molecule has 5 nitrogen and oxygen atoms in total. The van der Waals surface area contributed by atoms with Crippen molar-refractivity contribution >= 4 is 26.7 Å². The van der Waals surface area contributed by atoms with Crippen LogP contribution in [0.15, 0.2) is 24.3 Å². The molecular formula is C20H31ClNO4Si. The summed E-state index contributed by atoms with van der Waals surface area (Å²) >= 11 is 5.98. The average molecular weight is 413 g/mol. The van der Waals surface area contributed by atoms with Gasteiger partial charge in [-0.1, -0.05) is 38.4 Å². The van der Waals surface area contributed by atoms with Gasteiger partial charge in [0.2, 0.25) is 9.04 Å². The number of ether oxygens (including phenoxy) is 2. The Labute approximate surface area is 169 Å². The van der Waals surface area contributed by atoms with Crippen LogP contribution in [0.2, 0.25) is 18.1 Å². The predicted molar refractivity (Wildman–Crippen MR) is 110 cm³/mol. The summed E-state index contributed by atoms with van der Waals surface area (Å²) in [6, 6.07) is 7.20. The average Bonchev–Trinajstić information content (AvgIpc) is 2.91. The number of carbonyl (C=O) groups is 1. The number of hydrogen-bond donors (Lipinski definition) is 0. The van der Waals surface area contributed by atoms with Gasteiger partial charge in [0.15, 0.2) is 6.10 Å². The molecule has 2 atom stereocenters. The number of carbonyl (C=O) groups excluding carboxylic acids is 1. The van der Waals surface area contributed by atoms with E-state index in [1.807, 2.05) is 12.1 Å². The maximum atomic E-state index is 12.6. The summed E-state index contributed by atoms with van der Waals surface area (Å²) in [5.41, 5.74) is -0.608.